The maximum absolute atomic E-state index is 13.2. The third-order valence-electron chi connectivity index (χ3n) is 2.95. The van der Waals surface area contributed by atoms with Gasteiger partial charge in [0, 0.05) is 11.1 Å². The van der Waals surface area contributed by atoms with E-state index in [0.29, 0.717) is 10.6 Å². The van der Waals surface area contributed by atoms with Gasteiger partial charge in [0.1, 0.15) is 10.7 Å². The first-order chi connectivity index (χ1) is 9.79. The van der Waals surface area contributed by atoms with E-state index in [2.05, 4.69) is 4.72 Å². The second-order valence-electron chi connectivity index (χ2n) is 4.58. The molecule has 0 aromatic heterocycles. The van der Waals surface area contributed by atoms with E-state index in [0.717, 1.165) is 12.1 Å². The summed E-state index contributed by atoms with van der Waals surface area (Å²) in [6, 6.07) is 9.50. The zero-order valence-corrected chi connectivity index (χ0v) is 12.7. The fraction of sp³-hybridized carbons (Fsp3) is 0.143. The van der Waals surface area contributed by atoms with Crippen LogP contribution in [-0.4, -0.2) is 8.42 Å². The van der Waals surface area contributed by atoms with E-state index in [4.69, 9.17) is 17.3 Å². The third kappa shape index (κ3) is 3.72. The summed E-state index contributed by atoms with van der Waals surface area (Å²) in [5.74, 6) is -0.667. The van der Waals surface area contributed by atoms with E-state index in [1.807, 2.05) is 0 Å². The van der Waals surface area contributed by atoms with E-state index >= 15 is 0 Å². The van der Waals surface area contributed by atoms with Crippen molar-refractivity contribution in [2.24, 2.45) is 0 Å². The summed E-state index contributed by atoms with van der Waals surface area (Å²) in [7, 11) is -3.93. The molecule has 3 N–H and O–H groups in total. The molecule has 0 saturated carbocycles. The molecule has 4 nitrogen and oxygen atoms in total. The molecule has 0 aliphatic carbocycles. The van der Waals surface area contributed by atoms with Crippen LogP contribution >= 0.6 is 11.6 Å². The smallest absolute Gasteiger partial charge is 0.243 e. The number of anilines is 1. The molecule has 0 fully saturated rings. The Bertz CT molecular complexity index is 765. The number of rotatable bonds is 4. The van der Waals surface area contributed by atoms with Gasteiger partial charge in [0.25, 0.3) is 0 Å². The van der Waals surface area contributed by atoms with Crippen molar-refractivity contribution >= 4 is 27.3 Å². The van der Waals surface area contributed by atoms with Crippen LogP contribution in [0.5, 0.6) is 0 Å². The molecule has 7 heteroatoms. The van der Waals surface area contributed by atoms with Gasteiger partial charge in [0.15, 0.2) is 0 Å². The summed E-state index contributed by atoms with van der Waals surface area (Å²) in [6.07, 6.45) is 0. The van der Waals surface area contributed by atoms with Gasteiger partial charge in [0.2, 0.25) is 10.0 Å². The van der Waals surface area contributed by atoms with E-state index in [1.54, 1.807) is 31.2 Å². The fourth-order valence-electron chi connectivity index (χ4n) is 1.88. The zero-order valence-electron chi connectivity index (χ0n) is 11.2. The van der Waals surface area contributed by atoms with Gasteiger partial charge < -0.3 is 5.73 Å². The van der Waals surface area contributed by atoms with Crippen molar-refractivity contribution in [3.05, 3.63) is 58.9 Å². The molecular formula is C14H14ClFN2O2S. The van der Waals surface area contributed by atoms with E-state index in [9.17, 15) is 12.8 Å². The molecule has 0 aliphatic heterocycles. The van der Waals surface area contributed by atoms with E-state index in [1.165, 1.54) is 6.07 Å². The first kappa shape index (κ1) is 15.8. The molecule has 0 saturated heterocycles. The highest BCUT2D eigenvalue weighted by Gasteiger charge is 2.21. The van der Waals surface area contributed by atoms with Crippen LogP contribution in [0.3, 0.4) is 0 Å². The second-order valence-corrected chi connectivity index (χ2v) is 6.70. The van der Waals surface area contributed by atoms with Gasteiger partial charge in [-0.1, -0.05) is 23.7 Å². The van der Waals surface area contributed by atoms with Gasteiger partial charge in [-0.05, 0) is 42.8 Å². The van der Waals surface area contributed by atoms with Crippen LogP contribution in [0.4, 0.5) is 10.1 Å². The lowest BCUT2D eigenvalue weighted by Crippen LogP contribution is -2.27. The van der Waals surface area contributed by atoms with Crippen molar-refractivity contribution in [3.8, 4) is 0 Å². The Hall–Kier alpha value is -1.63. The maximum Gasteiger partial charge on any atom is 0.243 e. The van der Waals surface area contributed by atoms with Crippen LogP contribution < -0.4 is 10.5 Å². The first-order valence-corrected chi connectivity index (χ1v) is 7.98. The molecule has 0 bridgehead atoms. The van der Waals surface area contributed by atoms with Crippen LogP contribution in [0, 0.1) is 5.82 Å². The quantitative estimate of drug-likeness (QED) is 0.847. The maximum atomic E-state index is 13.2. The minimum absolute atomic E-state index is 0.0119. The lowest BCUT2D eigenvalue weighted by atomic mass is 10.1. The van der Waals surface area contributed by atoms with Gasteiger partial charge in [-0.3, -0.25) is 0 Å². The number of hydrogen-bond acceptors (Lipinski definition) is 3. The Morgan fingerprint density at radius 2 is 1.95 bits per heavy atom. The van der Waals surface area contributed by atoms with Crippen LogP contribution in [0.2, 0.25) is 5.02 Å². The highest BCUT2D eigenvalue weighted by Crippen LogP contribution is 2.23. The fourth-order valence-corrected chi connectivity index (χ4v) is 3.45. The topological polar surface area (TPSA) is 72.2 Å². The van der Waals surface area contributed by atoms with Crippen molar-refractivity contribution in [1.82, 2.24) is 4.72 Å². The molecule has 1 atom stereocenters. The molecule has 21 heavy (non-hydrogen) atoms. The molecular weight excluding hydrogens is 315 g/mol. The summed E-state index contributed by atoms with van der Waals surface area (Å²) in [4.78, 5) is -0.281. The average Bonchev–Trinajstić information content (AvgIpc) is 2.41. The molecule has 0 amide bonds. The largest absolute Gasteiger partial charge is 0.398 e. The number of hydrogen-bond donors (Lipinski definition) is 2. The Kier molecular flexibility index (Phi) is 4.51. The molecule has 0 radical (unpaired) electrons. The summed E-state index contributed by atoms with van der Waals surface area (Å²) in [5.41, 5.74) is 6.29. The molecule has 2 aromatic carbocycles. The van der Waals surface area contributed by atoms with Crippen LogP contribution in [0.15, 0.2) is 47.4 Å². The Morgan fingerprint density at radius 3 is 2.62 bits per heavy atom. The minimum atomic E-state index is -3.93. The summed E-state index contributed by atoms with van der Waals surface area (Å²) in [6.45, 7) is 1.67. The minimum Gasteiger partial charge on any atom is -0.398 e. The standard InChI is InChI=1S/C14H14ClFN2O2S/c1-9(10-3-2-4-11(15)7-10)18-21(19,20)14-8-12(16)5-6-13(14)17/h2-9,18H,17H2,1H3. The second kappa shape index (κ2) is 6.01. The summed E-state index contributed by atoms with van der Waals surface area (Å²) >= 11 is 5.88. The summed E-state index contributed by atoms with van der Waals surface area (Å²) in [5, 5.41) is 0.504. The monoisotopic (exact) mass is 328 g/mol. The van der Waals surface area contributed by atoms with E-state index in [-0.39, 0.29) is 10.6 Å². The average molecular weight is 329 g/mol. The van der Waals surface area contributed by atoms with Gasteiger partial charge in [0.05, 0.1) is 5.69 Å². The Labute approximate surface area is 127 Å². The summed E-state index contributed by atoms with van der Waals surface area (Å²) < 4.78 is 40.2. The third-order valence-corrected chi connectivity index (χ3v) is 4.78. The van der Waals surface area contributed by atoms with Crippen LogP contribution in [-0.2, 0) is 10.0 Å². The molecule has 0 heterocycles. The molecule has 2 rings (SSSR count). The van der Waals surface area contributed by atoms with Crippen molar-refractivity contribution < 1.29 is 12.8 Å². The lowest BCUT2D eigenvalue weighted by molar-refractivity contribution is 0.564. The number of sulfonamides is 1. The number of halogens is 2. The normalized spacial score (nSPS) is 13.1. The van der Waals surface area contributed by atoms with Crippen molar-refractivity contribution in [2.45, 2.75) is 17.9 Å². The molecule has 1 unspecified atom stereocenters. The van der Waals surface area contributed by atoms with Gasteiger partial charge >= 0.3 is 0 Å². The highest BCUT2D eigenvalue weighted by molar-refractivity contribution is 7.89. The molecule has 112 valence electrons. The van der Waals surface area contributed by atoms with Gasteiger partial charge in [-0.15, -0.1) is 0 Å². The number of benzene rings is 2. The highest BCUT2D eigenvalue weighted by atomic mass is 35.5. The van der Waals surface area contributed by atoms with Gasteiger partial charge in [-0.25, -0.2) is 17.5 Å². The zero-order chi connectivity index (χ0) is 15.6. The first-order valence-electron chi connectivity index (χ1n) is 6.12. The molecule has 0 spiro atoms. The lowest BCUT2D eigenvalue weighted by Gasteiger charge is -2.16. The number of nitrogens with one attached hydrogen (secondary N) is 1. The number of nitrogens with two attached hydrogens (primary N) is 1. The van der Waals surface area contributed by atoms with Crippen molar-refractivity contribution in [1.29, 1.82) is 0 Å². The van der Waals surface area contributed by atoms with Crippen molar-refractivity contribution in [2.75, 3.05) is 5.73 Å². The predicted octanol–water partition coefficient (Wildman–Crippen LogP) is 3.10. The Balaban J connectivity index is 2.31. The van der Waals surface area contributed by atoms with Crippen LogP contribution in [0.25, 0.3) is 0 Å². The van der Waals surface area contributed by atoms with E-state index < -0.39 is 21.9 Å². The molecule has 2 aromatic rings. The molecule has 0 aliphatic rings. The SMILES string of the molecule is CC(NS(=O)(=O)c1cc(F)ccc1N)c1cccc(Cl)c1. The Morgan fingerprint density at radius 1 is 1.24 bits per heavy atom. The van der Waals surface area contributed by atoms with Crippen LogP contribution in [0.1, 0.15) is 18.5 Å². The van der Waals surface area contributed by atoms with Gasteiger partial charge in [-0.2, -0.15) is 0 Å². The van der Waals surface area contributed by atoms with Crippen molar-refractivity contribution in [3.63, 3.8) is 0 Å². The predicted molar refractivity (Wildman–Crippen MR) is 81.0 cm³/mol. The number of nitrogen functional groups attached to an aromatic ring is 1.